The van der Waals surface area contributed by atoms with Gasteiger partial charge < -0.3 is 9.52 Å². The van der Waals surface area contributed by atoms with Crippen molar-refractivity contribution < 1.29 is 22.7 Å². The SMILES string of the molecule is CCCCC(C(=O)O)N(c1ccc2cc(-c3ncco3)ccc2c1)S(=O)(=O)c1cc(Cl)cc(Cl)c1. The van der Waals surface area contributed by atoms with E-state index in [0.717, 1.165) is 20.6 Å². The molecule has 0 saturated heterocycles. The molecule has 3 aromatic carbocycles. The Bertz CT molecular complexity index is 1450. The Morgan fingerprint density at radius 3 is 2.37 bits per heavy atom. The van der Waals surface area contributed by atoms with Gasteiger partial charge in [0.25, 0.3) is 10.0 Å². The summed E-state index contributed by atoms with van der Waals surface area (Å²) in [4.78, 5) is 16.3. The molecule has 0 bridgehead atoms. The fraction of sp³-hybridized carbons (Fsp3) is 0.200. The molecule has 7 nitrogen and oxygen atoms in total. The minimum absolute atomic E-state index is 0.133. The number of nitrogens with zero attached hydrogens (tertiary/aromatic N) is 2. The number of carboxylic acid groups (broad SMARTS) is 1. The second kappa shape index (κ2) is 10.3. The van der Waals surface area contributed by atoms with Gasteiger partial charge in [-0.05, 0) is 59.7 Å². The number of oxazole rings is 1. The smallest absolute Gasteiger partial charge is 0.327 e. The quantitative estimate of drug-likeness (QED) is 0.259. The number of aliphatic carboxylic acids is 1. The Labute approximate surface area is 213 Å². The highest BCUT2D eigenvalue weighted by atomic mass is 35.5. The topological polar surface area (TPSA) is 101 Å². The first kappa shape index (κ1) is 25.0. The number of anilines is 1. The minimum Gasteiger partial charge on any atom is -0.480 e. The molecule has 1 aromatic heterocycles. The van der Waals surface area contributed by atoms with Crippen LogP contribution in [0.1, 0.15) is 26.2 Å². The number of carbonyl (C=O) groups is 1. The molecule has 1 heterocycles. The van der Waals surface area contributed by atoms with Crippen LogP contribution in [-0.4, -0.2) is 30.5 Å². The summed E-state index contributed by atoms with van der Waals surface area (Å²) in [6, 6.07) is 13.1. The monoisotopic (exact) mass is 532 g/mol. The van der Waals surface area contributed by atoms with E-state index in [2.05, 4.69) is 4.98 Å². The normalized spacial score (nSPS) is 12.5. The molecule has 0 radical (unpaired) electrons. The van der Waals surface area contributed by atoms with Gasteiger partial charge in [-0.15, -0.1) is 0 Å². The predicted molar refractivity (Wildman–Crippen MR) is 137 cm³/mol. The summed E-state index contributed by atoms with van der Waals surface area (Å²) in [6.45, 7) is 1.91. The van der Waals surface area contributed by atoms with Crippen LogP contribution in [0.4, 0.5) is 5.69 Å². The van der Waals surface area contributed by atoms with Crippen molar-refractivity contribution in [1.82, 2.24) is 4.98 Å². The van der Waals surface area contributed by atoms with Crippen molar-refractivity contribution in [3.8, 4) is 11.5 Å². The number of halogens is 2. The van der Waals surface area contributed by atoms with Gasteiger partial charge in [-0.2, -0.15) is 0 Å². The van der Waals surface area contributed by atoms with Gasteiger partial charge in [0.2, 0.25) is 5.89 Å². The molecule has 4 rings (SSSR count). The zero-order valence-electron chi connectivity index (χ0n) is 18.7. The molecule has 1 N–H and O–H groups in total. The van der Waals surface area contributed by atoms with Crippen molar-refractivity contribution in [1.29, 1.82) is 0 Å². The molecule has 0 spiro atoms. The second-order valence-corrected chi connectivity index (χ2v) is 10.7. The number of hydrogen-bond donors (Lipinski definition) is 1. The molecule has 1 atom stereocenters. The Kier molecular flexibility index (Phi) is 7.35. The zero-order valence-corrected chi connectivity index (χ0v) is 21.0. The number of sulfonamides is 1. The largest absolute Gasteiger partial charge is 0.480 e. The van der Waals surface area contributed by atoms with Crippen LogP contribution in [0.3, 0.4) is 0 Å². The third-order valence-electron chi connectivity index (χ3n) is 5.55. The lowest BCUT2D eigenvalue weighted by atomic mass is 10.0. The molecule has 35 heavy (non-hydrogen) atoms. The lowest BCUT2D eigenvalue weighted by molar-refractivity contribution is -0.138. The van der Waals surface area contributed by atoms with E-state index < -0.39 is 22.0 Å². The van der Waals surface area contributed by atoms with Crippen LogP contribution in [0.15, 0.2) is 76.4 Å². The third-order valence-corrected chi connectivity index (χ3v) is 7.80. The fourth-order valence-electron chi connectivity index (χ4n) is 3.89. The molecular formula is C25H22Cl2N2O5S. The number of hydrogen-bond acceptors (Lipinski definition) is 5. The van der Waals surface area contributed by atoms with E-state index in [1.54, 1.807) is 36.5 Å². The van der Waals surface area contributed by atoms with Gasteiger partial charge >= 0.3 is 5.97 Å². The van der Waals surface area contributed by atoms with Crippen LogP contribution in [0.2, 0.25) is 10.0 Å². The van der Waals surface area contributed by atoms with Crippen molar-refractivity contribution in [2.45, 2.75) is 37.1 Å². The summed E-state index contributed by atoms with van der Waals surface area (Å²) in [6.07, 6.45) is 4.42. The summed E-state index contributed by atoms with van der Waals surface area (Å²) >= 11 is 12.1. The van der Waals surface area contributed by atoms with Gasteiger partial charge in [0.05, 0.1) is 16.8 Å². The summed E-state index contributed by atoms with van der Waals surface area (Å²) in [7, 11) is -4.33. The van der Waals surface area contributed by atoms with Gasteiger partial charge in [0, 0.05) is 15.6 Å². The van der Waals surface area contributed by atoms with Gasteiger partial charge in [-0.25, -0.2) is 18.2 Å². The molecule has 0 saturated carbocycles. The van der Waals surface area contributed by atoms with E-state index in [4.69, 9.17) is 27.6 Å². The summed E-state index contributed by atoms with van der Waals surface area (Å²) in [5.74, 6) is -0.780. The maximum absolute atomic E-state index is 13.8. The fourth-order valence-corrected chi connectivity index (χ4v) is 6.24. The van der Waals surface area contributed by atoms with E-state index in [-0.39, 0.29) is 27.0 Å². The van der Waals surface area contributed by atoms with Crippen molar-refractivity contribution in [3.63, 3.8) is 0 Å². The number of aromatic nitrogens is 1. The van der Waals surface area contributed by atoms with Gasteiger partial charge in [-0.1, -0.05) is 55.1 Å². The molecule has 4 aromatic rings. The first-order valence-corrected chi connectivity index (χ1v) is 13.1. The van der Waals surface area contributed by atoms with Crippen molar-refractivity contribution in [3.05, 3.63) is 77.1 Å². The van der Waals surface area contributed by atoms with Crippen LogP contribution in [0.25, 0.3) is 22.2 Å². The van der Waals surface area contributed by atoms with Gasteiger partial charge in [0.1, 0.15) is 12.3 Å². The first-order valence-electron chi connectivity index (χ1n) is 10.9. The number of benzene rings is 3. The maximum atomic E-state index is 13.8. The van der Waals surface area contributed by atoms with Gasteiger partial charge in [0.15, 0.2) is 0 Å². The highest BCUT2D eigenvalue weighted by Gasteiger charge is 2.36. The lowest BCUT2D eigenvalue weighted by Crippen LogP contribution is -2.45. The van der Waals surface area contributed by atoms with E-state index in [1.807, 2.05) is 13.0 Å². The predicted octanol–water partition coefficient (Wildman–Crippen LogP) is 6.64. The highest BCUT2D eigenvalue weighted by molar-refractivity contribution is 7.93. The molecule has 0 aliphatic carbocycles. The Morgan fingerprint density at radius 1 is 1.06 bits per heavy atom. The minimum atomic E-state index is -4.33. The second-order valence-electron chi connectivity index (χ2n) is 7.99. The molecule has 0 amide bonds. The number of carboxylic acids is 1. The number of unbranched alkanes of at least 4 members (excludes halogenated alkanes) is 1. The molecule has 10 heteroatoms. The Hall–Kier alpha value is -3.07. The van der Waals surface area contributed by atoms with Crippen LogP contribution in [-0.2, 0) is 14.8 Å². The first-order chi connectivity index (χ1) is 16.7. The average Bonchev–Trinajstić information content (AvgIpc) is 3.35. The maximum Gasteiger partial charge on any atom is 0.327 e. The Morgan fingerprint density at radius 2 is 1.74 bits per heavy atom. The lowest BCUT2D eigenvalue weighted by Gasteiger charge is -2.30. The number of rotatable bonds is 9. The van der Waals surface area contributed by atoms with Crippen LogP contribution < -0.4 is 4.31 Å². The highest BCUT2D eigenvalue weighted by Crippen LogP contribution is 2.34. The molecule has 1 unspecified atom stereocenters. The summed E-state index contributed by atoms with van der Waals surface area (Å²) < 4.78 is 33.9. The van der Waals surface area contributed by atoms with Crippen LogP contribution in [0, 0.1) is 0 Å². The zero-order chi connectivity index (χ0) is 25.2. The van der Waals surface area contributed by atoms with Crippen molar-refractivity contribution in [2.24, 2.45) is 0 Å². The average molecular weight is 533 g/mol. The molecule has 0 aliphatic rings. The third kappa shape index (κ3) is 5.29. The molecule has 0 aliphatic heterocycles. The molecule has 182 valence electrons. The van der Waals surface area contributed by atoms with Gasteiger partial charge in [-0.3, -0.25) is 4.31 Å². The standard InChI is InChI=1S/C25H22Cl2N2O5S/c1-2-3-4-23(25(30)31)29(35(32,33)22-14-19(26)13-20(27)15-22)21-8-7-16-11-18(6-5-17(16)12-21)24-28-9-10-34-24/h5-15,23H,2-4H2,1H3,(H,30,31). The van der Waals surface area contributed by atoms with E-state index in [0.29, 0.717) is 18.7 Å². The van der Waals surface area contributed by atoms with Crippen LogP contribution in [0.5, 0.6) is 0 Å². The summed E-state index contributed by atoms with van der Waals surface area (Å²) in [5.41, 5.74) is 0.987. The number of fused-ring (bicyclic) bond motifs is 1. The van der Waals surface area contributed by atoms with E-state index in [1.165, 1.54) is 24.5 Å². The summed E-state index contributed by atoms with van der Waals surface area (Å²) in [5, 5.41) is 11.8. The van der Waals surface area contributed by atoms with Crippen molar-refractivity contribution in [2.75, 3.05) is 4.31 Å². The van der Waals surface area contributed by atoms with E-state index >= 15 is 0 Å². The van der Waals surface area contributed by atoms with E-state index in [9.17, 15) is 18.3 Å². The van der Waals surface area contributed by atoms with Crippen LogP contribution >= 0.6 is 23.2 Å². The molecule has 0 fully saturated rings. The van der Waals surface area contributed by atoms with Crippen molar-refractivity contribution >= 4 is 55.7 Å². The Balaban J connectivity index is 1.86. The molecular weight excluding hydrogens is 511 g/mol.